The van der Waals surface area contributed by atoms with Crippen molar-refractivity contribution < 1.29 is 0 Å². The van der Waals surface area contributed by atoms with Gasteiger partial charge in [-0.3, -0.25) is 0 Å². The van der Waals surface area contributed by atoms with E-state index in [1.54, 1.807) is 0 Å². The first-order valence-corrected chi connectivity index (χ1v) is 7.22. The number of nitrogens with one attached hydrogen (secondary N) is 1. The highest BCUT2D eigenvalue weighted by molar-refractivity contribution is 5.35. The van der Waals surface area contributed by atoms with Gasteiger partial charge in [0.2, 0.25) is 0 Å². The van der Waals surface area contributed by atoms with Gasteiger partial charge in [-0.2, -0.15) is 10.2 Å². The van der Waals surface area contributed by atoms with Crippen LogP contribution in [0.15, 0.2) is 30.3 Å². The average molecular weight is 269 g/mol. The second-order valence-electron chi connectivity index (χ2n) is 5.32. The minimum Gasteiger partial charge on any atom is -0.306 e. The van der Waals surface area contributed by atoms with Crippen LogP contribution in [-0.2, 0) is 0 Å². The fourth-order valence-electron chi connectivity index (χ4n) is 2.32. The van der Waals surface area contributed by atoms with Crippen LogP contribution in [0.4, 0.5) is 0 Å². The predicted molar refractivity (Wildman–Crippen MR) is 82.8 cm³/mol. The van der Waals surface area contributed by atoms with Gasteiger partial charge in [-0.15, -0.1) is 0 Å². The van der Waals surface area contributed by atoms with Gasteiger partial charge in [-0.05, 0) is 50.9 Å². The fraction of sp³-hybridized carbons (Fsp3) is 0.412. The zero-order valence-corrected chi connectivity index (χ0v) is 12.8. The molecule has 106 valence electrons. The van der Waals surface area contributed by atoms with Crippen molar-refractivity contribution in [1.82, 2.24) is 15.5 Å². The first kappa shape index (κ1) is 14.7. The lowest BCUT2D eigenvalue weighted by Crippen LogP contribution is -2.24. The largest absolute Gasteiger partial charge is 0.306 e. The third-order valence-corrected chi connectivity index (χ3v) is 3.46. The molecule has 1 aromatic carbocycles. The number of aromatic nitrogens is 2. The van der Waals surface area contributed by atoms with E-state index in [1.165, 1.54) is 16.7 Å². The number of nitrogens with zero attached hydrogens (tertiary/aromatic N) is 2. The Hall–Kier alpha value is -1.74. The molecule has 1 heterocycles. The Morgan fingerprint density at radius 1 is 1.05 bits per heavy atom. The summed E-state index contributed by atoms with van der Waals surface area (Å²) in [5.74, 6) is 0. The molecule has 0 amide bonds. The summed E-state index contributed by atoms with van der Waals surface area (Å²) in [4.78, 5) is 0. The van der Waals surface area contributed by atoms with Crippen LogP contribution >= 0.6 is 0 Å². The Bertz CT molecular complexity index is 561. The van der Waals surface area contributed by atoms with Gasteiger partial charge in [-0.1, -0.05) is 36.8 Å². The molecule has 0 radical (unpaired) electrons. The van der Waals surface area contributed by atoms with Crippen molar-refractivity contribution in [3.8, 4) is 0 Å². The molecule has 1 unspecified atom stereocenters. The van der Waals surface area contributed by atoms with Crippen LogP contribution in [0.1, 0.15) is 47.5 Å². The summed E-state index contributed by atoms with van der Waals surface area (Å²) < 4.78 is 0. The molecule has 0 spiro atoms. The second kappa shape index (κ2) is 6.62. The third-order valence-electron chi connectivity index (χ3n) is 3.46. The highest BCUT2D eigenvalue weighted by Gasteiger charge is 2.16. The first-order valence-electron chi connectivity index (χ1n) is 7.22. The number of hydrogen-bond donors (Lipinski definition) is 1. The van der Waals surface area contributed by atoms with E-state index in [0.29, 0.717) is 0 Å². The maximum Gasteiger partial charge on any atom is 0.0651 e. The van der Waals surface area contributed by atoms with Crippen LogP contribution in [0.3, 0.4) is 0 Å². The normalized spacial score (nSPS) is 12.4. The highest BCUT2D eigenvalue weighted by atomic mass is 15.1. The Kier molecular flexibility index (Phi) is 4.85. The number of hydrogen-bond acceptors (Lipinski definition) is 3. The van der Waals surface area contributed by atoms with E-state index in [0.717, 1.165) is 24.4 Å². The lowest BCUT2D eigenvalue weighted by atomic mass is 9.96. The predicted octanol–water partition coefficient (Wildman–Crippen LogP) is 3.49. The summed E-state index contributed by atoms with van der Waals surface area (Å²) in [6, 6.07) is 11.0. The minimum absolute atomic E-state index is 0.185. The summed E-state index contributed by atoms with van der Waals surface area (Å²) in [7, 11) is 0. The summed E-state index contributed by atoms with van der Waals surface area (Å²) >= 11 is 0. The zero-order chi connectivity index (χ0) is 14.5. The van der Waals surface area contributed by atoms with Crippen molar-refractivity contribution >= 4 is 0 Å². The number of benzene rings is 1. The van der Waals surface area contributed by atoms with Gasteiger partial charge in [0.1, 0.15) is 0 Å². The van der Waals surface area contributed by atoms with Crippen LogP contribution in [0.2, 0.25) is 0 Å². The Morgan fingerprint density at radius 3 is 2.40 bits per heavy atom. The SMILES string of the molecule is CCCNC(c1ccc(C)cc1)c1cc(C)nnc1C. The van der Waals surface area contributed by atoms with E-state index in [1.807, 2.05) is 13.8 Å². The minimum atomic E-state index is 0.185. The van der Waals surface area contributed by atoms with Crippen LogP contribution in [0, 0.1) is 20.8 Å². The average Bonchev–Trinajstić information content (AvgIpc) is 2.44. The van der Waals surface area contributed by atoms with Crippen molar-refractivity contribution in [3.05, 3.63) is 58.4 Å². The summed E-state index contributed by atoms with van der Waals surface area (Å²) in [6.07, 6.45) is 1.11. The van der Waals surface area contributed by atoms with Gasteiger partial charge in [-0.25, -0.2) is 0 Å². The molecule has 0 aliphatic heterocycles. The molecule has 0 bridgehead atoms. The highest BCUT2D eigenvalue weighted by Crippen LogP contribution is 2.24. The van der Waals surface area contributed by atoms with E-state index in [9.17, 15) is 0 Å². The molecule has 3 heteroatoms. The van der Waals surface area contributed by atoms with E-state index in [2.05, 4.69) is 59.7 Å². The maximum absolute atomic E-state index is 4.26. The lowest BCUT2D eigenvalue weighted by Gasteiger charge is -2.21. The van der Waals surface area contributed by atoms with E-state index < -0.39 is 0 Å². The van der Waals surface area contributed by atoms with Crippen molar-refractivity contribution in [2.24, 2.45) is 0 Å². The molecule has 0 saturated heterocycles. The molecule has 3 nitrogen and oxygen atoms in total. The van der Waals surface area contributed by atoms with Gasteiger partial charge >= 0.3 is 0 Å². The fourth-order valence-corrected chi connectivity index (χ4v) is 2.32. The molecule has 0 aliphatic carbocycles. The van der Waals surface area contributed by atoms with Gasteiger partial charge in [0.05, 0.1) is 17.4 Å². The van der Waals surface area contributed by atoms with Gasteiger partial charge in [0.25, 0.3) is 0 Å². The molecule has 1 aromatic heterocycles. The Labute approximate surface area is 121 Å². The monoisotopic (exact) mass is 269 g/mol. The molecule has 0 fully saturated rings. The van der Waals surface area contributed by atoms with E-state index in [4.69, 9.17) is 0 Å². The van der Waals surface area contributed by atoms with Gasteiger partial charge in [0.15, 0.2) is 0 Å². The Morgan fingerprint density at radius 2 is 1.75 bits per heavy atom. The molecule has 1 atom stereocenters. The van der Waals surface area contributed by atoms with Crippen molar-refractivity contribution in [2.45, 2.75) is 40.2 Å². The van der Waals surface area contributed by atoms with Crippen molar-refractivity contribution in [3.63, 3.8) is 0 Å². The topological polar surface area (TPSA) is 37.8 Å². The van der Waals surface area contributed by atoms with Crippen molar-refractivity contribution in [2.75, 3.05) is 6.54 Å². The third kappa shape index (κ3) is 3.42. The molecule has 2 rings (SSSR count). The van der Waals surface area contributed by atoms with Crippen LogP contribution < -0.4 is 5.32 Å². The molecule has 20 heavy (non-hydrogen) atoms. The second-order valence-corrected chi connectivity index (χ2v) is 5.32. The summed E-state index contributed by atoms with van der Waals surface area (Å²) in [6.45, 7) is 9.29. The quantitative estimate of drug-likeness (QED) is 0.903. The van der Waals surface area contributed by atoms with Gasteiger partial charge in [0, 0.05) is 0 Å². The maximum atomic E-state index is 4.26. The zero-order valence-electron chi connectivity index (χ0n) is 12.8. The lowest BCUT2D eigenvalue weighted by molar-refractivity contribution is 0.591. The van der Waals surface area contributed by atoms with Crippen LogP contribution in [0.25, 0.3) is 0 Å². The molecule has 1 N–H and O–H groups in total. The molecule has 2 aromatic rings. The smallest absolute Gasteiger partial charge is 0.0651 e. The molecular weight excluding hydrogens is 246 g/mol. The Balaban J connectivity index is 2.41. The standard InChI is InChI=1S/C17H23N3/c1-5-10-18-17(15-8-6-12(2)7-9-15)16-11-13(3)19-20-14(16)4/h6-9,11,17-18H,5,10H2,1-4H3. The summed E-state index contributed by atoms with van der Waals surface area (Å²) in [5.41, 5.74) is 5.73. The molecular formula is C17H23N3. The summed E-state index contributed by atoms with van der Waals surface area (Å²) in [5, 5.41) is 12.0. The van der Waals surface area contributed by atoms with Crippen LogP contribution in [-0.4, -0.2) is 16.7 Å². The van der Waals surface area contributed by atoms with E-state index in [-0.39, 0.29) is 6.04 Å². The van der Waals surface area contributed by atoms with Crippen LogP contribution in [0.5, 0.6) is 0 Å². The number of aryl methyl sites for hydroxylation is 3. The molecule has 0 saturated carbocycles. The molecule has 0 aliphatic rings. The number of rotatable bonds is 5. The van der Waals surface area contributed by atoms with E-state index >= 15 is 0 Å². The first-order chi connectivity index (χ1) is 9.61. The van der Waals surface area contributed by atoms with Gasteiger partial charge < -0.3 is 5.32 Å². The van der Waals surface area contributed by atoms with Crippen molar-refractivity contribution in [1.29, 1.82) is 0 Å².